The SMILES string of the molecule is O=C(NCCOCCOCCNC(=O)c1ccnc2c1ccc1cccnc12)c1ccc(-c2c3ccc4cc(=O)ccc4c3oc3c2ccc2ccc(O)cc23)c(C(=O)O)c1. The van der Waals surface area contributed by atoms with E-state index in [1.807, 2.05) is 36.4 Å². The van der Waals surface area contributed by atoms with Crippen LogP contribution in [0.2, 0.25) is 0 Å². The van der Waals surface area contributed by atoms with Crippen LogP contribution in [0.3, 0.4) is 0 Å². The zero-order chi connectivity index (χ0) is 42.0. The van der Waals surface area contributed by atoms with E-state index in [0.717, 1.165) is 16.3 Å². The van der Waals surface area contributed by atoms with Crippen molar-refractivity contribution in [3.8, 4) is 16.9 Å². The van der Waals surface area contributed by atoms with Crippen molar-refractivity contribution in [3.05, 3.63) is 149 Å². The molecule has 0 saturated carbocycles. The quantitative estimate of drug-likeness (QED) is 0.0509. The molecule has 2 amide bonds. The number of aromatic nitrogens is 2. The summed E-state index contributed by atoms with van der Waals surface area (Å²) in [5, 5.41) is 32.2. The van der Waals surface area contributed by atoms with Crippen molar-refractivity contribution in [1.82, 2.24) is 20.6 Å². The van der Waals surface area contributed by atoms with Gasteiger partial charge in [0.2, 0.25) is 0 Å². The third-order valence-corrected chi connectivity index (χ3v) is 10.6. The molecule has 9 rings (SSSR count). The van der Waals surface area contributed by atoms with E-state index in [-0.39, 0.29) is 67.7 Å². The monoisotopic (exact) mass is 812 g/mol. The molecule has 0 aliphatic carbocycles. The molecule has 0 aliphatic heterocycles. The van der Waals surface area contributed by atoms with E-state index in [1.165, 1.54) is 18.2 Å². The molecule has 0 radical (unpaired) electrons. The Morgan fingerprint density at radius 3 is 2.05 bits per heavy atom. The molecule has 3 heterocycles. The van der Waals surface area contributed by atoms with Crippen LogP contribution in [-0.2, 0) is 9.47 Å². The van der Waals surface area contributed by atoms with Gasteiger partial charge in [-0.3, -0.25) is 24.4 Å². The first kappa shape index (κ1) is 38.8. The number of fused-ring (bicyclic) bond motifs is 9. The van der Waals surface area contributed by atoms with E-state index in [1.54, 1.807) is 67.0 Å². The number of ether oxygens (including phenoxy) is 2. The first-order valence-corrected chi connectivity index (χ1v) is 19.5. The lowest BCUT2D eigenvalue weighted by molar-refractivity contribution is 0.0486. The normalized spacial score (nSPS) is 11.5. The lowest BCUT2D eigenvalue weighted by atomic mass is 9.90. The van der Waals surface area contributed by atoms with Crippen molar-refractivity contribution in [3.63, 3.8) is 0 Å². The number of carbonyl (C=O) groups excluding carboxylic acids is 2. The summed E-state index contributed by atoms with van der Waals surface area (Å²) in [6.45, 7) is 1.43. The maximum absolute atomic E-state index is 13.2. The number of hydrogen-bond donors (Lipinski definition) is 4. The molecule has 0 spiro atoms. The maximum Gasteiger partial charge on any atom is 0.336 e. The maximum atomic E-state index is 13.2. The molecule has 13 heteroatoms. The molecule has 4 N–H and O–H groups in total. The Hall–Kier alpha value is -7.74. The van der Waals surface area contributed by atoms with E-state index < -0.39 is 11.9 Å². The third-order valence-electron chi connectivity index (χ3n) is 10.6. The van der Waals surface area contributed by atoms with Gasteiger partial charge in [-0.25, -0.2) is 4.79 Å². The van der Waals surface area contributed by atoms with Crippen LogP contribution in [-0.4, -0.2) is 77.5 Å². The highest BCUT2D eigenvalue weighted by Gasteiger charge is 2.22. The van der Waals surface area contributed by atoms with Crippen molar-refractivity contribution in [2.24, 2.45) is 0 Å². The molecule has 9 aromatic rings. The molecule has 302 valence electrons. The summed E-state index contributed by atoms with van der Waals surface area (Å²) in [7, 11) is 0. The lowest BCUT2D eigenvalue weighted by Gasteiger charge is -2.16. The van der Waals surface area contributed by atoms with Crippen molar-refractivity contribution >= 4 is 83.1 Å². The first-order valence-electron chi connectivity index (χ1n) is 19.5. The number of carboxylic acids is 1. The predicted octanol–water partition coefficient (Wildman–Crippen LogP) is 7.61. The average Bonchev–Trinajstić information content (AvgIpc) is 3.28. The topological polar surface area (TPSA) is 190 Å². The number of nitrogens with zero attached hydrogens (tertiary/aromatic N) is 2. The highest BCUT2D eigenvalue weighted by atomic mass is 16.5. The van der Waals surface area contributed by atoms with Crippen LogP contribution in [0.15, 0.2) is 131 Å². The Kier molecular flexibility index (Phi) is 10.5. The van der Waals surface area contributed by atoms with Gasteiger partial charge in [0.15, 0.2) is 5.43 Å². The summed E-state index contributed by atoms with van der Waals surface area (Å²) < 4.78 is 17.8. The Balaban J connectivity index is 0.835. The van der Waals surface area contributed by atoms with E-state index in [9.17, 15) is 29.4 Å². The number of carbonyl (C=O) groups is 3. The van der Waals surface area contributed by atoms with Crippen molar-refractivity contribution in [2.75, 3.05) is 39.5 Å². The molecular weight excluding hydrogens is 777 g/mol. The van der Waals surface area contributed by atoms with Crippen LogP contribution in [0.5, 0.6) is 5.75 Å². The molecule has 0 unspecified atom stereocenters. The van der Waals surface area contributed by atoms with Crippen LogP contribution < -0.4 is 16.1 Å². The molecular formula is C48H36N4O9. The minimum atomic E-state index is -1.23. The van der Waals surface area contributed by atoms with Crippen molar-refractivity contribution in [1.29, 1.82) is 0 Å². The Labute approximate surface area is 346 Å². The lowest BCUT2D eigenvalue weighted by Crippen LogP contribution is -2.29. The number of nitrogens with one attached hydrogen (secondary N) is 2. The minimum Gasteiger partial charge on any atom is -0.508 e. The number of hydrogen-bond acceptors (Lipinski definition) is 10. The van der Waals surface area contributed by atoms with Gasteiger partial charge in [-0.05, 0) is 83.1 Å². The Morgan fingerprint density at radius 2 is 1.26 bits per heavy atom. The number of rotatable bonds is 13. The number of aromatic carboxylic acids is 1. The summed E-state index contributed by atoms with van der Waals surface area (Å²) in [5.41, 5.74) is 3.56. The number of phenolic OH excluding ortho intramolecular Hbond substituents is 1. The van der Waals surface area contributed by atoms with Crippen LogP contribution in [0.1, 0.15) is 31.1 Å². The number of phenols is 1. The summed E-state index contributed by atoms with van der Waals surface area (Å²) in [5.74, 6) is -1.92. The van der Waals surface area contributed by atoms with E-state index in [0.29, 0.717) is 65.7 Å². The molecule has 61 heavy (non-hydrogen) atoms. The van der Waals surface area contributed by atoms with Crippen molar-refractivity contribution in [2.45, 2.75) is 0 Å². The fourth-order valence-electron chi connectivity index (χ4n) is 7.74. The summed E-state index contributed by atoms with van der Waals surface area (Å²) >= 11 is 0. The number of pyridine rings is 2. The number of amides is 2. The highest BCUT2D eigenvalue weighted by Crippen LogP contribution is 2.43. The zero-order valence-corrected chi connectivity index (χ0v) is 32.4. The average molecular weight is 813 g/mol. The Bertz CT molecular complexity index is 3290. The summed E-state index contributed by atoms with van der Waals surface area (Å²) in [6, 6.07) is 30.7. The predicted molar refractivity (Wildman–Crippen MR) is 232 cm³/mol. The van der Waals surface area contributed by atoms with Crippen LogP contribution in [0, 0.1) is 0 Å². The third kappa shape index (κ3) is 7.55. The zero-order valence-electron chi connectivity index (χ0n) is 32.4. The molecule has 0 aliphatic rings. The fourth-order valence-corrected chi connectivity index (χ4v) is 7.74. The van der Waals surface area contributed by atoms with Gasteiger partial charge in [0.25, 0.3) is 11.8 Å². The standard InChI is InChI=1S/C48H36N4O9/c53-31-9-14-33-29(24-31)6-13-37-41(38-12-4-27-3-8-32(54)26-39(27)45(38)61-44(33)37)34-10-7-30(25-40(34)48(57)58)46(55)51-18-20-59-22-23-60-21-19-52-47(56)36-15-17-50-43-35(36)11-5-28-2-1-16-49-42(28)43/h1-17,24-26,54H,18-23H2,(H,51,55)(H,52,56)(H,57,58). The molecule has 6 aromatic carbocycles. The highest BCUT2D eigenvalue weighted by molar-refractivity contribution is 6.21. The Morgan fingerprint density at radius 1 is 0.590 bits per heavy atom. The van der Waals surface area contributed by atoms with Gasteiger partial charge in [-0.2, -0.15) is 0 Å². The molecule has 0 bridgehead atoms. The minimum absolute atomic E-state index is 0.0349. The summed E-state index contributed by atoms with van der Waals surface area (Å²) in [6.07, 6.45) is 3.30. The molecule has 0 atom stereocenters. The van der Waals surface area contributed by atoms with Crippen molar-refractivity contribution < 1.29 is 38.5 Å². The van der Waals surface area contributed by atoms with Crippen LogP contribution >= 0.6 is 0 Å². The van der Waals surface area contributed by atoms with E-state index in [4.69, 9.17) is 13.9 Å². The molecule has 13 nitrogen and oxygen atoms in total. The van der Waals surface area contributed by atoms with Crippen LogP contribution in [0.25, 0.3) is 76.4 Å². The number of aromatic hydroxyl groups is 1. The van der Waals surface area contributed by atoms with Gasteiger partial charge < -0.3 is 34.7 Å². The first-order chi connectivity index (χ1) is 29.7. The van der Waals surface area contributed by atoms with Gasteiger partial charge in [0.05, 0.1) is 48.6 Å². The van der Waals surface area contributed by atoms with E-state index >= 15 is 0 Å². The number of carboxylic acid groups (broad SMARTS) is 1. The molecule has 0 fully saturated rings. The smallest absolute Gasteiger partial charge is 0.336 e. The molecule has 3 aromatic heterocycles. The second kappa shape index (κ2) is 16.5. The second-order valence-electron chi connectivity index (χ2n) is 14.3. The van der Waals surface area contributed by atoms with E-state index in [2.05, 4.69) is 20.6 Å². The van der Waals surface area contributed by atoms with Gasteiger partial charge in [-0.1, -0.05) is 42.5 Å². The van der Waals surface area contributed by atoms with Gasteiger partial charge >= 0.3 is 5.97 Å². The van der Waals surface area contributed by atoms with Gasteiger partial charge in [0, 0.05) is 68.9 Å². The van der Waals surface area contributed by atoms with Crippen LogP contribution in [0.4, 0.5) is 0 Å². The molecule has 0 saturated heterocycles. The fraction of sp³-hybridized carbons (Fsp3) is 0.125. The van der Waals surface area contributed by atoms with Gasteiger partial charge in [-0.15, -0.1) is 0 Å². The van der Waals surface area contributed by atoms with Gasteiger partial charge in [0.1, 0.15) is 16.9 Å². The number of benzene rings is 6. The summed E-state index contributed by atoms with van der Waals surface area (Å²) in [4.78, 5) is 60.2. The second-order valence-corrected chi connectivity index (χ2v) is 14.3. The largest absolute Gasteiger partial charge is 0.508 e.